The van der Waals surface area contributed by atoms with Crippen molar-refractivity contribution in [1.29, 1.82) is 0 Å². The molecular formula is C8H9N5O4S. The first-order chi connectivity index (χ1) is 8.49. The molecule has 0 aliphatic rings. The highest BCUT2D eigenvalue weighted by Crippen LogP contribution is 2.00. The molecule has 2 rings (SSSR count). The highest BCUT2D eigenvalue weighted by atomic mass is 32.2. The van der Waals surface area contributed by atoms with Crippen LogP contribution in [0.25, 0.3) is 0 Å². The minimum Gasteiger partial charge on any atom is -0.347 e. The van der Waals surface area contributed by atoms with Crippen LogP contribution in [0, 0.1) is 0 Å². The topological polar surface area (TPSA) is 141 Å². The zero-order valence-corrected chi connectivity index (χ0v) is 9.74. The van der Waals surface area contributed by atoms with Gasteiger partial charge in [-0.05, 0) is 0 Å². The lowest BCUT2D eigenvalue weighted by Crippen LogP contribution is -2.32. The summed E-state index contributed by atoms with van der Waals surface area (Å²) in [7, 11) is -4.00. The van der Waals surface area contributed by atoms with E-state index in [1.54, 1.807) is 0 Å². The van der Waals surface area contributed by atoms with Gasteiger partial charge in [0.05, 0.1) is 12.9 Å². The molecule has 0 aliphatic heterocycles. The molecule has 0 unspecified atom stereocenters. The number of hydrogen-bond acceptors (Lipinski definition) is 5. The molecule has 18 heavy (non-hydrogen) atoms. The molecule has 96 valence electrons. The number of aromatic amines is 3. The Morgan fingerprint density at radius 1 is 1.28 bits per heavy atom. The molecule has 2 aromatic heterocycles. The highest BCUT2D eigenvalue weighted by molar-refractivity contribution is 7.89. The van der Waals surface area contributed by atoms with Crippen molar-refractivity contribution in [3.8, 4) is 0 Å². The van der Waals surface area contributed by atoms with Crippen molar-refractivity contribution in [2.75, 3.05) is 0 Å². The fourth-order valence-electron chi connectivity index (χ4n) is 1.23. The molecule has 0 spiro atoms. The Balaban J connectivity index is 2.26. The summed E-state index contributed by atoms with van der Waals surface area (Å²) in [5, 5.41) is 0. The van der Waals surface area contributed by atoms with E-state index in [9.17, 15) is 18.0 Å². The number of nitrogens with zero attached hydrogens (tertiary/aromatic N) is 1. The quantitative estimate of drug-likeness (QED) is 0.522. The number of hydrogen-bond donors (Lipinski definition) is 4. The van der Waals surface area contributed by atoms with Gasteiger partial charge in [-0.3, -0.25) is 9.78 Å². The molecule has 0 aromatic carbocycles. The van der Waals surface area contributed by atoms with Crippen LogP contribution in [0.3, 0.4) is 0 Å². The second-order valence-electron chi connectivity index (χ2n) is 3.34. The largest absolute Gasteiger partial charge is 0.347 e. The number of nitrogens with one attached hydrogen (secondary N) is 4. The second kappa shape index (κ2) is 4.58. The lowest BCUT2D eigenvalue weighted by atomic mass is 10.5. The molecule has 0 saturated heterocycles. The summed E-state index contributed by atoms with van der Waals surface area (Å²) in [6, 6.07) is 0. The van der Waals surface area contributed by atoms with Crippen LogP contribution in [-0.2, 0) is 16.6 Å². The summed E-state index contributed by atoms with van der Waals surface area (Å²) in [5.41, 5.74) is -1.21. The van der Waals surface area contributed by atoms with Gasteiger partial charge in [0.15, 0.2) is 4.90 Å². The monoisotopic (exact) mass is 271 g/mol. The standard InChI is InChI=1S/C8H9N5O4S/c14-7-6(3-10-8(15)13-7)18(16,17)12-2-5-1-9-4-11-5/h1,3-4,12H,2H2,(H,9,11)(H2,10,13,14,15). The Morgan fingerprint density at radius 3 is 2.67 bits per heavy atom. The molecule has 0 atom stereocenters. The van der Waals surface area contributed by atoms with Gasteiger partial charge in [0.25, 0.3) is 5.56 Å². The van der Waals surface area contributed by atoms with Crippen molar-refractivity contribution < 1.29 is 8.42 Å². The molecule has 2 aromatic rings. The Morgan fingerprint density at radius 2 is 2.06 bits per heavy atom. The Labute approximate surface area is 100 Å². The Hall–Kier alpha value is -2.20. The second-order valence-corrected chi connectivity index (χ2v) is 5.07. The van der Waals surface area contributed by atoms with E-state index in [-0.39, 0.29) is 6.54 Å². The van der Waals surface area contributed by atoms with Gasteiger partial charge in [0, 0.05) is 18.1 Å². The van der Waals surface area contributed by atoms with Crippen molar-refractivity contribution in [2.24, 2.45) is 0 Å². The molecule has 0 fully saturated rings. The minimum atomic E-state index is -4.00. The predicted molar refractivity (Wildman–Crippen MR) is 60.3 cm³/mol. The van der Waals surface area contributed by atoms with E-state index in [4.69, 9.17) is 0 Å². The average molecular weight is 271 g/mol. The van der Waals surface area contributed by atoms with Crippen LogP contribution in [0.15, 0.2) is 33.2 Å². The van der Waals surface area contributed by atoms with Crippen LogP contribution < -0.4 is 16.0 Å². The van der Waals surface area contributed by atoms with Crippen LogP contribution in [0.1, 0.15) is 5.69 Å². The Kier molecular flexibility index (Phi) is 3.12. The van der Waals surface area contributed by atoms with Gasteiger partial charge in [-0.15, -0.1) is 0 Å². The van der Waals surface area contributed by atoms with Crippen molar-refractivity contribution in [2.45, 2.75) is 11.4 Å². The summed E-state index contributed by atoms with van der Waals surface area (Å²) in [6.07, 6.45) is 3.69. The zero-order chi connectivity index (χ0) is 13.2. The van der Waals surface area contributed by atoms with Gasteiger partial charge < -0.3 is 9.97 Å². The van der Waals surface area contributed by atoms with Crippen LogP contribution in [0.2, 0.25) is 0 Å². The summed E-state index contributed by atoms with van der Waals surface area (Å²) in [6.45, 7) is -0.0408. The molecule has 0 radical (unpaired) electrons. The highest BCUT2D eigenvalue weighted by Gasteiger charge is 2.18. The van der Waals surface area contributed by atoms with Crippen molar-refractivity contribution in [1.82, 2.24) is 24.7 Å². The minimum absolute atomic E-state index is 0.0408. The molecule has 0 bridgehead atoms. The van der Waals surface area contributed by atoms with E-state index in [1.165, 1.54) is 12.5 Å². The number of aromatic nitrogens is 4. The van der Waals surface area contributed by atoms with Gasteiger partial charge in [0.1, 0.15) is 0 Å². The van der Waals surface area contributed by atoms with Gasteiger partial charge in [-0.1, -0.05) is 0 Å². The molecular weight excluding hydrogens is 262 g/mol. The maximum absolute atomic E-state index is 11.8. The lowest BCUT2D eigenvalue weighted by molar-refractivity contribution is 0.578. The zero-order valence-electron chi connectivity index (χ0n) is 8.93. The number of rotatable bonds is 4. The lowest BCUT2D eigenvalue weighted by Gasteiger charge is -2.03. The smallest absolute Gasteiger partial charge is 0.325 e. The van der Waals surface area contributed by atoms with Crippen LogP contribution in [0.5, 0.6) is 0 Å². The number of H-pyrrole nitrogens is 3. The van der Waals surface area contributed by atoms with E-state index in [0.717, 1.165) is 6.20 Å². The van der Waals surface area contributed by atoms with Crippen LogP contribution >= 0.6 is 0 Å². The first-order valence-corrected chi connectivity index (χ1v) is 6.26. The summed E-state index contributed by atoms with van der Waals surface area (Å²) < 4.78 is 25.7. The molecule has 9 nitrogen and oxygen atoms in total. The summed E-state index contributed by atoms with van der Waals surface area (Å²) in [5.74, 6) is 0. The molecule has 0 saturated carbocycles. The molecule has 0 amide bonds. The fourth-order valence-corrected chi connectivity index (χ4v) is 2.24. The molecule has 0 aliphatic carbocycles. The predicted octanol–water partition coefficient (Wildman–Crippen LogP) is -1.74. The van der Waals surface area contributed by atoms with E-state index in [2.05, 4.69) is 19.7 Å². The van der Waals surface area contributed by atoms with Gasteiger partial charge in [-0.2, -0.15) is 0 Å². The summed E-state index contributed by atoms with van der Waals surface area (Å²) in [4.78, 5) is 31.9. The average Bonchev–Trinajstić information content (AvgIpc) is 2.78. The van der Waals surface area contributed by atoms with Crippen molar-refractivity contribution in [3.05, 3.63) is 45.3 Å². The van der Waals surface area contributed by atoms with Gasteiger partial charge in [-0.25, -0.2) is 22.9 Å². The number of imidazole rings is 1. The van der Waals surface area contributed by atoms with E-state index < -0.39 is 26.2 Å². The van der Waals surface area contributed by atoms with Crippen LogP contribution in [0.4, 0.5) is 0 Å². The SMILES string of the molecule is O=c1[nH]cc(S(=O)(=O)NCc2cnc[nH]2)c(=O)[nH]1. The molecule has 4 N–H and O–H groups in total. The van der Waals surface area contributed by atoms with Crippen molar-refractivity contribution in [3.63, 3.8) is 0 Å². The number of sulfonamides is 1. The normalized spacial score (nSPS) is 11.6. The van der Waals surface area contributed by atoms with Crippen molar-refractivity contribution >= 4 is 10.0 Å². The maximum Gasteiger partial charge on any atom is 0.325 e. The van der Waals surface area contributed by atoms with Gasteiger partial charge >= 0.3 is 5.69 Å². The third-order valence-corrected chi connectivity index (χ3v) is 3.49. The first kappa shape index (κ1) is 12.3. The third kappa shape index (κ3) is 2.55. The first-order valence-electron chi connectivity index (χ1n) is 4.78. The third-order valence-electron chi connectivity index (χ3n) is 2.08. The Bertz CT molecular complexity index is 742. The van der Waals surface area contributed by atoms with E-state index in [1.807, 2.05) is 4.98 Å². The summed E-state index contributed by atoms with van der Waals surface area (Å²) >= 11 is 0. The van der Waals surface area contributed by atoms with Crippen LogP contribution in [-0.4, -0.2) is 28.4 Å². The molecule has 2 heterocycles. The fraction of sp³-hybridized carbons (Fsp3) is 0.125. The maximum atomic E-state index is 11.8. The molecule has 10 heteroatoms. The van der Waals surface area contributed by atoms with Gasteiger partial charge in [0.2, 0.25) is 10.0 Å². The van der Waals surface area contributed by atoms with E-state index in [0.29, 0.717) is 5.69 Å². The van der Waals surface area contributed by atoms with E-state index >= 15 is 0 Å².